The van der Waals surface area contributed by atoms with Crippen molar-refractivity contribution >= 4 is 34.1 Å². The summed E-state index contributed by atoms with van der Waals surface area (Å²) in [5.41, 5.74) is 4.87. The minimum absolute atomic E-state index is 0.00998. The number of hydrogen-bond donors (Lipinski definition) is 2. The Morgan fingerprint density at radius 1 is 1.23 bits per heavy atom. The van der Waals surface area contributed by atoms with Crippen molar-refractivity contribution in [3.8, 4) is 0 Å². The molecule has 0 aliphatic heterocycles. The third kappa shape index (κ3) is 5.96. The van der Waals surface area contributed by atoms with Crippen molar-refractivity contribution < 1.29 is 9.53 Å². The molecule has 0 fully saturated rings. The normalized spacial score (nSPS) is 12.0. The van der Waals surface area contributed by atoms with Crippen LogP contribution in [-0.4, -0.2) is 42.1 Å². The summed E-state index contributed by atoms with van der Waals surface area (Å²) in [5, 5.41) is 15.1. The molecule has 0 saturated heterocycles. The number of carbonyl (C=O) groups is 1. The van der Waals surface area contributed by atoms with Gasteiger partial charge in [0, 0.05) is 13.7 Å². The van der Waals surface area contributed by atoms with Gasteiger partial charge >= 0.3 is 0 Å². The van der Waals surface area contributed by atoms with Crippen molar-refractivity contribution in [3.63, 3.8) is 0 Å². The van der Waals surface area contributed by atoms with E-state index >= 15 is 0 Å². The number of methoxy groups -OCH3 is 1. The lowest BCUT2D eigenvalue weighted by atomic mass is 9.96. The van der Waals surface area contributed by atoms with Gasteiger partial charge < -0.3 is 15.4 Å². The first-order valence-corrected chi connectivity index (χ1v) is 10.3. The quantitative estimate of drug-likeness (QED) is 0.501. The van der Waals surface area contributed by atoms with E-state index in [4.69, 9.17) is 4.74 Å². The van der Waals surface area contributed by atoms with Crippen molar-refractivity contribution in [3.05, 3.63) is 34.4 Å². The van der Waals surface area contributed by atoms with E-state index in [1.807, 2.05) is 6.92 Å². The molecule has 0 saturated carbocycles. The van der Waals surface area contributed by atoms with Crippen molar-refractivity contribution in [2.24, 2.45) is 0 Å². The standard InChI is InChI=1S/C18H26N4O2S2/c1-11-8-13(3)15(9-12(11)2)14(4)20-16(23)10-25-18-22-21-17(26-18)19-6-7-24-5/h8-9,14H,6-7,10H2,1-5H3,(H,19,21)(H,20,23). The Morgan fingerprint density at radius 3 is 2.69 bits per heavy atom. The van der Waals surface area contributed by atoms with Crippen LogP contribution in [0.3, 0.4) is 0 Å². The van der Waals surface area contributed by atoms with Gasteiger partial charge in [0.1, 0.15) is 0 Å². The highest BCUT2D eigenvalue weighted by Crippen LogP contribution is 2.26. The largest absolute Gasteiger partial charge is 0.383 e. The number of amides is 1. The zero-order chi connectivity index (χ0) is 19.1. The summed E-state index contributed by atoms with van der Waals surface area (Å²) < 4.78 is 5.75. The number of aryl methyl sites for hydroxylation is 3. The number of thioether (sulfide) groups is 1. The lowest BCUT2D eigenvalue weighted by molar-refractivity contribution is -0.119. The Morgan fingerprint density at radius 2 is 1.96 bits per heavy atom. The molecule has 6 nitrogen and oxygen atoms in total. The van der Waals surface area contributed by atoms with E-state index in [9.17, 15) is 4.79 Å². The van der Waals surface area contributed by atoms with Crippen molar-refractivity contribution in [1.29, 1.82) is 0 Å². The molecule has 2 aromatic rings. The van der Waals surface area contributed by atoms with Gasteiger partial charge in [-0.3, -0.25) is 4.79 Å². The van der Waals surface area contributed by atoms with Gasteiger partial charge in [-0.2, -0.15) is 0 Å². The molecule has 0 aliphatic carbocycles. The van der Waals surface area contributed by atoms with Gasteiger partial charge in [-0.25, -0.2) is 0 Å². The first-order chi connectivity index (χ1) is 12.4. The second-order valence-corrected chi connectivity index (χ2v) is 8.36. The third-order valence-corrected chi connectivity index (χ3v) is 6.06. The first-order valence-electron chi connectivity index (χ1n) is 8.47. The fourth-order valence-electron chi connectivity index (χ4n) is 2.54. The third-order valence-electron chi connectivity index (χ3n) is 4.04. The Bertz CT molecular complexity index is 749. The minimum atomic E-state index is -0.0249. The van der Waals surface area contributed by atoms with Crippen LogP contribution in [0.4, 0.5) is 5.13 Å². The maximum absolute atomic E-state index is 12.3. The lowest BCUT2D eigenvalue weighted by Gasteiger charge is -2.18. The molecule has 0 spiro atoms. The first kappa shape index (κ1) is 20.7. The summed E-state index contributed by atoms with van der Waals surface area (Å²) in [6, 6.07) is 4.30. The van der Waals surface area contributed by atoms with Gasteiger partial charge in [-0.05, 0) is 49.9 Å². The van der Waals surface area contributed by atoms with Gasteiger partial charge in [0.25, 0.3) is 0 Å². The lowest BCUT2D eigenvalue weighted by Crippen LogP contribution is -2.28. The van der Waals surface area contributed by atoms with E-state index < -0.39 is 0 Å². The molecule has 0 bridgehead atoms. The molecular formula is C18H26N4O2S2. The Balaban J connectivity index is 1.84. The molecule has 142 valence electrons. The van der Waals surface area contributed by atoms with Crippen LogP contribution in [0.2, 0.25) is 0 Å². The van der Waals surface area contributed by atoms with Gasteiger partial charge in [0.2, 0.25) is 11.0 Å². The monoisotopic (exact) mass is 394 g/mol. The SMILES string of the molecule is COCCNc1nnc(SCC(=O)NC(C)c2cc(C)c(C)cc2C)s1. The van der Waals surface area contributed by atoms with E-state index in [1.54, 1.807) is 7.11 Å². The smallest absolute Gasteiger partial charge is 0.230 e. The van der Waals surface area contributed by atoms with Gasteiger partial charge in [0.05, 0.1) is 18.4 Å². The highest BCUT2D eigenvalue weighted by molar-refractivity contribution is 8.01. The van der Waals surface area contributed by atoms with E-state index in [0.29, 0.717) is 18.9 Å². The summed E-state index contributed by atoms with van der Waals surface area (Å²) in [5.74, 6) is 0.310. The number of rotatable bonds is 9. The van der Waals surface area contributed by atoms with Crippen LogP contribution < -0.4 is 10.6 Å². The van der Waals surface area contributed by atoms with Crippen molar-refractivity contribution in [2.45, 2.75) is 38.1 Å². The number of nitrogens with zero attached hydrogens (tertiary/aromatic N) is 2. The minimum Gasteiger partial charge on any atom is -0.383 e. The van der Waals surface area contributed by atoms with E-state index in [1.165, 1.54) is 39.8 Å². The van der Waals surface area contributed by atoms with Crippen LogP contribution in [-0.2, 0) is 9.53 Å². The second kappa shape index (κ2) is 9.89. The fourth-order valence-corrected chi connectivity index (χ4v) is 4.13. The summed E-state index contributed by atoms with van der Waals surface area (Å²) in [6.07, 6.45) is 0. The van der Waals surface area contributed by atoms with Crippen LogP contribution in [0.5, 0.6) is 0 Å². The predicted molar refractivity (Wildman–Crippen MR) is 108 cm³/mol. The van der Waals surface area contributed by atoms with Gasteiger partial charge in [0.15, 0.2) is 4.34 Å². The Hall–Kier alpha value is -1.64. The zero-order valence-electron chi connectivity index (χ0n) is 15.9. The van der Waals surface area contributed by atoms with E-state index in [2.05, 4.69) is 53.7 Å². The van der Waals surface area contributed by atoms with Crippen LogP contribution in [0.1, 0.15) is 35.2 Å². The van der Waals surface area contributed by atoms with E-state index in [0.717, 1.165) is 15.0 Å². The summed E-state index contributed by atoms with van der Waals surface area (Å²) in [7, 11) is 1.65. The van der Waals surface area contributed by atoms with Gasteiger partial charge in [-0.1, -0.05) is 35.2 Å². The predicted octanol–water partition coefficient (Wildman–Crippen LogP) is 3.49. The summed E-state index contributed by atoms with van der Waals surface area (Å²) >= 11 is 2.84. The number of nitrogens with one attached hydrogen (secondary N) is 2. The summed E-state index contributed by atoms with van der Waals surface area (Å²) in [4.78, 5) is 12.3. The topological polar surface area (TPSA) is 76.1 Å². The molecular weight excluding hydrogens is 368 g/mol. The molecule has 1 heterocycles. The highest BCUT2D eigenvalue weighted by atomic mass is 32.2. The molecule has 1 unspecified atom stereocenters. The number of aromatic nitrogens is 2. The molecule has 1 aromatic carbocycles. The Kier molecular flexibility index (Phi) is 7.86. The highest BCUT2D eigenvalue weighted by Gasteiger charge is 2.14. The van der Waals surface area contributed by atoms with Crippen LogP contribution >= 0.6 is 23.1 Å². The maximum atomic E-state index is 12.3. The van der Waals surface area contributed by atoms with Crippen molar-refractivity contribution in [1.82, 2.24) is 15.5 Å². The van der Waals surface area contributed by atoms with Crippen molar-refractivity contribution in [2.75, 3.05) is 31.3 Å². The van der Waals surface area contributed by atoms with Crippen LogP contribution in [0.25, 0.3) is 0 Å². The number of ether oxygens (including phenoxy) is 1. The molecule has 2 N–H and O–H groups in total. The summed E-state index contributed by atoms with van der Waals surface area (Å²) in [6.45, 7) is 9.59. The molecule has 1 atom stereocenters. The molecule has 0 aliphatic rings. The molecule has 1 amide bonds. The zero-order valence-corrected chi connectivity index (χ0v) is 17.5. The average molecular weight is 395 g/mol. The molecule has 26 heavy (non-hydrogen) atoms. The average Bonchev–Trinajstić information content (AvgIpc) is 3.04. The molecule has 1 aromatic heterocycles. The van der Waals surface area contributed by atoms with Gasteiger partial charge in [-0.15, -0.1) is 10.2 Å². The number of anilines is 1. The Labute approximate surface area is 163 Å². The number of hydrogen-bond acceptors (Lipinski definition) is 7. The second-order valence-electron chi connectivity index (χ2n) is 6.16. The van der Waals surface area contributed by atoms with Crippen LogP contribution in [0.15, 0.2) is 16.5 Å². The van der Waals surface area contributed by atoms with E-state index in [-0.39, 0.29) is 11.9 Å². The van der Waals surface area contributed by atoms with Crippen LogP contribution in [0, 0.1) is 20.8 Å². The fraction of sp³-hybridized carbons (Fsp3) is 0.500. The molecule has 8 heteroatoms. The number of carbonyl (C=O) groups excluding carboxylic acids is 1. The molecule has 2 rings (SSSR count). The molecule has 0 radical (unpaired) electrons. The maximum Gasteiger partial charge on any atom is 0.230 e. The number of benzene rings is 1.